The lowest BCUT2D eigenvalue weighted by Crippen LogP contribution is -2.41. The standard InChI is InChI=1S/C12H18ClFN2/c1-5-12(2,3)16(4)11-10(14)9(8-13)6-7-15-11/h6-7H,5,8H2,1-4H3. The Bertz CT molecular complexity index is 366. The normalized spacial score (nSPS) is 11.6. The van der Waals surface area contributed by atoms with Crippen LogP contribution >= 0.6 is 11.6 Å². The number of aromatic nitrogens is 1. The quantitative estimate of drug-likeness (QED) is 0.753. The molecule has 0 aliphatic heterocycles. The third kappa shape index (κ3) is 2.46. The first-order valence-corrected chi connectivity index (χ1v) is 5.90. The predicted molar refractivity (Wildman–Crippen MR) is 66.5 cm³/mol. The van der Waals surface area contributed by atoms with Crippen LogP contribution in [-0.2, 0) is 5.88 Å². The van der Waals surface area contributed by atoms with E-state index in [1.54, 1.807) is 12.3 Å². The molecule has 0 atom stereocenters. The van der Waals surface area contributed by atoms with Crippen LogP contribution in [0, 0.1) is 5.82 Å². The molecule has 0 saturated carbocycles. The highest BCUT2D eigenvalue weighted by Crippen LogP contribution is 2.27. The summed E-state index contributed by atoms with van der Waals surface area (Å²) < 4.78 is 14.0. The van der Waals surface area contributed by atoms with Gasteiger partial charge in [0.1, 0.15) is 0 Å². The van der Waals surface area contributed by atoms with Crippen molar-refractivity contribution in [2.24, 2.45) is 0 Å². The van der Waals surface area contributed by atoms with Crippen LogP contribution in [0.3, 0.4) is 0 Å². The third-order valence-corrected chi connectivity index (χ3v) is 3.47. The van der Waals surface area contributed by atoms with Crippen LogP contribution in [0.4, 0.5) is 10.2 Å². The van der Waals surface area contributed by atoms with Gasteiger partial charge in [0.05, 0.1) is 5.88 Å². The molecule has 0 amide bonds. The van der Waals surface area contributed by atoms with E-state index in [9.17, 15) is 4.39 Å². The van der Waals surface area contributed by atoms with Crippen LogP contribution in [0.25, 0.3) is 0 Å². The first-order valence-electron chi connectivity index (χ1n) is 5.37. The Morgan fingerprint density at radius 2 is 2.12 bits per heavy atom. The van der Waals surface area contributed by atoms with Crippen LogP contribution in [0.15, 0.2) is 12.3 Å². The Labute approximate surface area is 101 Å². The number of hydrogen-bond donors (Lipinski definition) is 0. The van der Waals surface area contributed by atoms with Gasteiger partial charge in [0.15, 0.2) is 11.6 Å². The molecule has 16 heavy (non-hydrogen) atoms. The molecule has 1 aromatic rings. The first kappa shape index (κ1) is 13.2. The molecule has 1 heterocycles. The number of pyridine rings is 1. The minimum Gasteiger partial charge on any atom is -0.352 e. The molecular weight excluding hydrogens is 227 g/mol. The molecule has 4 heteroatoms. The van der Waals surface area contributed by atoms with Gasteiger partial charge in [-0.2, -0.15) is 0 Å². The topological polar surface area (TPSA) is 16.1 Å². The molecule has 0 radical (unpaired) electrons. The van der Waals surface area contributed by atoms with E-state index in [-0.39, 0.29) is 17.2 Å². The fourth-order valence-corrected chi connectivity index (χ4v) is 1.54. The van der Waals surface area contributed by atoms with Gasteiger partial charge in [-0.25, -0.2) is 9.37 Å². The molecule has 0 spiro atoms. The smallest absolute Gasteiger partial charge is 0.170 e. The molecule has 0 saturated heterocycles. The zero-order valence-electron chi connectivity index (χ0n) is 10.2. The molecule has 0 unspecified atom stereocenters. The lowest BCUT2D eigenvalue weighted by molar-refractivity contribution is 0.457. The van der Waals surface area contributed by atoms with Gasteiger partial charge in [-0.05, 0) is 26.3 Å². The third-order valence-electron chi connectivity index (χ3n) is 3.19. The first-order chi connectivity index (χ1) is 7.44. The molecule has 2 nitrogen and oxygen atoms in total. The Balaban J connectivity index is 3.14. The van der Waals surface area contributed by atoms with Gasteiger partial charge < -0.3 is 4.90 Å². The fourth-order valence-electron chi connectivity index (χ4n) is 1.33. The number of rotatable bonds is 4. The Hall–Kier alpha value is -0.830. The molecule has 0 fully saturated rings. The second-order valence-electron chi connectivity index (χ2n) is 4.47. The maximum absolute atomic E-state index is 14.0. The van der Waals surface area contributed by atoms with Crippen molar-refractivity contribution in [3.05, 3.63) is 23.6 Å². The van der Waals surface area contributed by atoms with Crippen LogP contribution < -0.4 is 4.90 Å². The highest BCUT2D eigenvalue weighted by Gasteiger charge is 2.25. The van der Waals surface area contributed by atoms with Crippen LogP contribution in [0.2, 0.25) is 0 Å². The van der Waals surface area contributed by atoms with Crippen molar-refractivity contribution in [3.63, 3.8) is 0 Å². The highest BCUT2D eigenvalue weighted by molar-refractivity contribution is 6.17. The summed E-state index contributed by atoms with van der Waals surface area (Å²) in [6, 6.07) is 1.61. The average Bonchev–Trinajstić information content (AvgIpc) is 2.28. The minimum atomic E-state index is -0.318. The zero-order chi connectivity index (χ0) is 12.3. The summed E-state index contributed by atoms with van der Waals surface area (Å²) in [5, 5.41) is 0. The summed E-state index contributed by atoms with van der Waals surface area (Å²) in [5.41, 5.74) is 0.365. The second-order valence-corrected chi connectivity index (χ2v) is 4.73. The van der Waals surface area contributed by atoms with E-state index >= 15 is 0 Å². The lowest BCUT2D eigenvalue weighted by atomic mass is 10.00. The maximum Gasteiger partial charge on any atom is 0.170 e. The van der Waals surface area contributed by atoms with Gasteiger partial charge in [-0.1, -0.05) is 6.92 Å². The van der Waals surface area contributed by atoms with Crippen LogP contribution in [0.5, 0.6) is 0 Å². The summed E-state index contributed by atoms with van der Waals surface area (Å²) in [6.45, 7) is 6.18. The van der Waals surface area contributed by atoms with Crippen molar-refractivity contribution in [1.82, 2.24) is 4.98 Å². The van der Waals surface area contributed by atoms with Gasteiger partial charge in [0, 0.05) is 24.3 Å². The van der Waals surface area contributed by atoms with Crippen molar-refractivity contribution in [1.29, 1.82) is 0 Å². The van der Waals surface area contributed by atoms with E-state index in [4.69, 9.17) is 11.6 Å². The monoisotopic (exact) mass is 244 g/mol. The van der Waals surface area contributed by atoms with Gasteiger partial charge in [-0.3, -0.25) is 0 Å². The molecule has 0 aliphatic carbocycles. The van der Waals surface area contributed by atoms with Gasteiger partial charge in [0.2, 0.25) is 0 Å². The molecule has 0 N–H and O–H groups in total. The highest BCUT2D eigenvalue weighted by atomic mass is 35.5. The average molecular weight is 245 g/mol. The van der Waals surface area contributed by atoms with Crippen molar-refractivity contribution in [2.75, 3.05) is 11.9 Å². The molecule has 1 rings (SSSR count). The van der Waals surface area contributed by atoms with Gasteiger partial charge in [-0.15, -0.1) is 11.6 Å². The molecule has 0 bridgehead atoms. The van der Waals surface area contributed by atoms with E-state index in [0.717, 1.165) is 6.42 Å². The van der Waals surface area contributed by atoms with Crippen LogP contribution in [-0.4, -0.2) is 17.6 Å². The molecule has 0 aliphatic rings. The van der Waals surface area contributed by atoms with E-state index in [0.29, 0.717) is 11.4 Å². The fraction of sp³-hybridized carbons (Fsp3) is 0.583. The predicted octanol–water partition coefficient (Wildman–Crippen LogP) is 3.58. The van der Waals surface area contributed by atoms with Gasteiger partial charge in [0.25, 0.3) is 0 Å². The van der Waals surface area contributed by atoms with Crippen molar-refractivity contribution in [3.8, 4) is 0 Å². The van der Waals surface area contributed by atoms with E-state index in [1.807, 2.05) is 11.9 Å². The van der Waals surface area contributed by atoms with Crippen molar-refractivity contribution >= 4 is 17.4 Å². The van der Waals surface area contributed by atoms with Crippen LogP contribution in [0.1, 0.15) is 32.8 Å². The molecule has 1 aromatic heterocycles. The van der Waals surface area contributed by atoms with Crippen molar-refractivity contribution in [2.45, 2.75) is 38.6 Å². The number of hydrogen-bond acceptors (Lipinski definition) is 2. The summed E-state index contributed by atoms with van der Waals surface area (Å²) in [7, 11) is 1.85. The molecule has 90 valence electrons. The number of alkyl halides is 1. The molecular formula is C12H18ClFN2. The SMILES string of the molecule is CCC(C)(C)N(C)c1nccc(CCl)c1F. The Morgan fingerprint density at radius 1 is 1.50 bits per heavy atom. The second kappa shape index (κ2) is 5.00. The summed E-state index contributed by atoms with van der Waals surface area (Å²) in [4.78, 5) is 5.95. The van der Waals surface area contributed by atoms with Crippen molar-refractivity contribution < 1.29 is 4.39 Å². The zero-order valence-corrected chi connectivity index (χ0v) is 11.0. The summed E-state index contributed by atoms with van der Waals surface area (Å²) in [6.07, 6.45) is 2.51. The van der Waals surface area contributed by atoms with Gasteiger partial charge >= 0.3 is 0 Å². The van der Waals surface area contributed by atoms with E-state index in [1.165, 1.54) is 0 Å². The minimum absolute atomic E-state index is 0.126. The van der Waals surface area contributed by atoms with E-state index in [2.05, 4.69) is 25.8 Å². The number of nitrogens with zero attached hydrogens (tertiary/aromatic N) is 2. The maximum atomic E-state index is 14.0. The molecule has 0 aromatic carbocycles. The van der Waals surface area contributed by atoms with E-state index < -0.39 is 0 Å². The Kier molecular flexibility index (Phi) is 4.14. The largest absolute Gasteiger partial charge is 0.352 e. The summed E-state index contributed by atoms with van der Waals surface area (Å²) >= 11 is 5.67. The lowest BCUT2D eigenvalue weighted by Gasteiger charge is -2.36. The number of anilines is 1. The summed E-state index contributed by atoms with van der Waals surface area (Å²) in [5.74, 6) is 0.216. The number of halogens is 2. The Morgan fingerprint density at radius 3 is 2.62 bits per heavy atom.